The summed E-state index contributed by atoms with van der Waals surface area (Å²) in [6.07, 6.45) is 0. The normalized spacial score (nSPS) is 11.4. The quantitative estimate of drug-likeness (QED) is 0.269. The lowest BCUT2D eigenvalue weighted by Crippen LogP contribution is -1.91. The van der Waals surface area contributed by atoms with Crippen molar-refractivity contribution in [2.75, 3.05) is 5.32 Å². The van der Waals surface area contributed by atoms with Crippen molar-refractivity contribution in [2.24, 2.45) is 0 Å². The summed E-state index contributed by atoms with van der Waals surface area (Å²) in [6, 6.07) is 40.7. The molecule has 2 heterocycles. The van der Waals surface area contributed by atoms with Gasteiger partial charge in [0.05, 0.1) is 20.6 Å². The second kappa shape index (κ2) is 8.35. The molecular formula is C31H20N2S2. The molecule has 0 amide bonds. The molecule has 2 aromatic heterocycles. The monoisotopic (exact) mass is 484 g/mol. The Morgan fingerprint density at radius 2 is 1.26 bits per heavy atom. The summed E-state index contributed by atoms with van der Waals surface area (Å²) in [5.74, 6) is 0. The van der Waals surface area contributed by atoms with Crippen molar-refractivity contribution >= 4 is 64.4 Å². The van der Waals surface area contributed by atoms with Crippen LogP contribution in [0.1, 0.15) is 0 Å². The SMILES string of the molecule is c1ccc(-c2nc3ccccc3s2)c(-c2ccc(Nc3cccc4c3sc3ccccc34)cc2)c1. The summed E-state index contributed by atoms with van der Waals surface area (Å²) in [6.45, 7) is 0. The molecule has 0 fully saturated rings. The van der Waals surface area contributed by atoms with Crippen LogP contribution in [0, 0.1) is 0 Å². The van der Waals surface area contributed by atoms with Crippen LogP contribution in [0.15, 0.2) is 115 Å². The van der Waals surface area contributed by atoms with Crippen LogP contribution >= 0.6 is 22.7 Å². The lowest BCUT2D eigenvalue weighted by atomic mass is 10.00. The standard InChI is InChI=1S/C31H20N2S2/c1-2-10-25(31-33-26-12-4-6-15-29(26)35-31)22(8-1)20-16-18-21(19-17-20)32-27-13-7-11-24-23-9-3-5-14-28(23)34-30(24)27/h1-19,32H. The van der Waals surface area contributed by atoms with E-state index in [9.17, 15) is 0 Å². The number of benzene rings is 5. The second-order valence-corrected chi connectivity index (χ2v) is 10.6. The number of aromatic nitrogens is 1. The van der Waals surface area contributed by atoms with E-state index in [2.05, 4.69) is 115 Å². The Morgan fingerprint density at radius 1 is 0.543 bits per heavy atom. The molecule has 7 aromatic rings. The van der Waals surface area contributed by atoms with E-state index < -0.39 is 0 Å². The number of hydrogen-bond acceptors (Lipinski definition) is 4. The zero-order valence-electron chi connectivity index (χ0n) is 18.7. The zero-order chi connectivity index (χ0) is 23.2. The van der Waals surface area contributed by atoms with Crippen LogP contribution in [-0.4, -0.2) is 4.98 Å². The summed E-state index contributed by atoms with van der Waals surface area (Å²) < 4.78 is 3.82. The van der Waals surface area contributed by atoms with E-state index in [1.54, 1.807) is 11.3 Å². The maximum absolute atomic E-state index is 4.90. The molecule has 0 bridgehead atoms. The van der Waals surface area contributed by atoms with Gasteiger partial charge in [-0.1, -0.05) is 78.9 Å². The zero-order valence-corrected chi connectivity index (χ0v) is 20.4. The fraction of sp³-hybridized carbons (Fsp3) is 0. The fourth-order valence-corrected chi connectivity index (χ4v) is 6.82. The highest BCUT2D eigenvalue weighted by atomic mass is 32.1. The van der Waals surface area contributed by atoms with Gasteiger partial charge in [0.15, 0.2) is 0 Å². The molecule has 0 radical (unpaired) electrons. The van der Waals surface area contributed by atoms with Crippen LogP contribution in [0.5, 0.6) is 0 Å². The Bertz CT molecular complexity index is 1790. The number of thiazole rings is 1. The molecule has 7 rings (SSSR count). The lowest BCUT2D eigenvalue weighted by Gasteiger charge is -2.11. The number of fused-ring (bicyclic) bond motifs is 4. The van der Waals surface area contributed by atoms with Crippen molar-refractivity contribution < 1.29 is 0 Å². The lowest BCUT2D eigenvalue weighted by molar-refractivity contribution is 1.47. The summed E-state index contributed by atoms with van der Waals surface area (Å²) in [5, 5.41) is 7.33. The van der Waals surface area contributed by atoms with Crippen molar-refractivity contribution in [2.45, 2.75) is 0 Å². The van der Waals surface area contributed by atoms with Crippen molar-refractivity contribution in [1.29, 1.82) is 0 Å². The molecular weight excluding hydrogens is 464 g/mol. The van der Waals surface area contributed by atoms with Gasteiger partial charge in [0, 0.05) is 26.7 Å². The summed E-state index contributed by atoms with van der Waals surface area (Å²) in [5.41, 5.74) is 6.83. The largest absolute Gasteiger partial charge is 0.354 e. The predicted octanol–water partition coefficient (Wildman–Crippen LogP) is 9.74. The molecule has 0 atom stereocenters. The predicted molar refractivity (Wildman–Crippen MR) is 153 cm³/mol. The number of para-hydroxylation sites is 1. The number of nitrogens with one attached hydrogen (secondary N) is 1. The van der Waals surface area contributed by atoms with Gasteiger partial charge in [0.25, 0.3) is 0 Å². The van der Waals surface area contributed by atoms with E-state index in [1.807, 2.05) is 17.4 Å². The van der Waals surface area contributed by atoms with Gasteiger partial charge in [-0.05, 0) is 47.5 Å². The Kier molecular flexibility index (Phi) is 4.86. The fourth-order valence-electron chi connectivity index (χ4n) is 4.64. The minimum Gasteiger partial charge on any atom is -0.354 e. The third-order valence-electron chi connectivity index (χ3n) is 6.33. The van der Waals surface area contributed by atoms with Crippen molar-refractivity contribution in [3.8, 4) is 21.7 Å². The molecule has 0 spiro atoms. The number of anilines is 2. The van der Waals surface area contributed by atoms with Crippen molar-refractivity contribution in [3.63, 3.8) is 0 Å². The van der Waals surface area contributed by atoms with Crippen LogP contribution in [0.4, 0.5) is 11.4 Å². The van der Waals surface area contributed by atoms with Gasteiger partial charge in [-0.3, -0.25) is 0 Å². The molecule has 5 aromatic carbocycles. The summed E-state index contributed by atoms with van der Waals surface area (Å²) in [4.78, 5) is 4.90. The van der Waals surface area contributed by atoms with E-state index in [1.165, 1.54) is 41.6 Å². The average molecular weight is 485 g/mol. The first-order valence-electron chi connectivity index (χ1n) is 11.6. The molecule has 0 saturated carbocycles. The van der Waals surface area contributed by atoms with Gasteiger partial charge in [-0.2, -0.15) is 0 Å². The molecule has 0 aliphatic heterocycles. The number of hydrogen-bond donors (Lipinski definition) is 1. The van der Waals surface area contributed by atoms with Crippen LogP contribution < -0.4 is 5.32 Å². The van der Waals surface area contributed by atoms with Gasteiger partial charge in [0.2, 0.25) is 0 Å². The molecule has 4 heteroatoms. The summed E-state index contributed by atoms with van der Waals surface area (Å²) in [7, 11) is 0. The van der Waals surface area contributed by atoms with Crippen molar-refractivity contribution in [3.05, 3.63) is 115 Å². The Labute approximate surface area is 211 Å². The Morgan fingerprint density at radius 3 is 2.11 bits per heavy atom. The third kappa shape index (κ3) is 3.59. The van der Waals surface area contributed by atoms with Crippen molar-refractivity contribution in [1.82, 2.24) is 4.98 Å². The van der Waals surface area contributed by atoms with E-state index in [0.29, 0.717) is 0 Å². The second-order valence-electron chi connectivity index (χ2n) is 8.52. The molecule has 1 N–H and O–H groups in total. The topological polar surface area (TPSA) is 24.9 Å². The Hall–Kier alpha value is -3.99. The van der Waals surface area contributed by atoms with Gasteiger partial charge in [0.1, 0.15) is 5.01 Å². The third-order valence-corrected chi connectivity index (χ3v) is 8.62. The van der Waals surface area contributed by atoms with Crippen LogP contribution in [0.2, 0.25) is 0 Å². The first-order chi connectivity index (χ1) is 17.3. The number of thiophene rings is 1. The first kappa shape index (κ1) is 20.4. The van der Waals surface area contributed by atoms with Crippen LogP contribution in [0.25, 0.3) is 52.1 Å². The molecule has 0 saturated heterocycles. The first-order valence-corrected chi connectivity index (χ1v) is 13.2. The maximum atomic E-state index is 4.90. The number of rotatable bonds is 4. The number of nitrogens with zero attached hydrogens (tertiary/aromatic N) is 1. The molecule has 35 heavy (non-hydrogen) atoms. The Balaban J connectivity index is 1.24. The van der Waals surface area contributed by atoms with Gasteiger partial charge in [-0.25, -0.2) is 4.98 Å². The van der Waals surface area contributed by atoms with E-state index in [0.717, 1.165) is 21.9 Å². The highest BCUT2D eigenvalue weighted by molar-refractivity contribution is 7.26. The minimum atomic E-state index is 1.05. The smallest absolute Gasteiger partial charge is 0.125 e. The van der Waals surface area contributed by atoms with Gasteiger partial charge in [-0.15, -0.1) is 22.7 Å². The molecule has 0 unspecified atom stereocenters. The van der Waals surface area contributed by atoms with Crippen LogP contribution in [-0.2, 0) is 0 Å². The van der Waals surface area contributed by atoms with E-state index >= 15 is 0 Å². The summed E-state index contributed by atoms with van der Waals surface area (Å²) >= 11 is 3.58. The van der Waals surface area contributed by atoms with Crippen LogP contribution in [0.3, 0.4) is 0 Å². The van der Waals surface area contributed by atoms with Gasteiger partial charge < -0.3 is 5.32 Å². The highest BCUT2D eigenvalue weighted by Gasteiger charge is 2.12. The molecule has 166 valence electrons. The molecule has 0 aliphatic carbocycles. The molecule has 0 aliphatic rings. The minimum absolute atomic E-state index is 1.05. The van der Waals surface area contributed by atoms with Gasteiger partial charge >= 0.3 is 0 Å². The molecule has 2 nitrogen and oxygen atoms in total. The average Bonchev–Trinajstić information content (AvgIpc) is 3.52. The van der Waals surface area contributed by atoms with E-state index in [-0.39, 0.29) is 0 Å². The highest BCUT2D eigenvalue weighted by Crippen LogP contribution is 2.40. The van der Waals surface area contributed by atoms with E-state index in [4.69, 9.17) is 4.98 Å². The maximum Gasteiger partial charge on any atom is 0.125 e.